The quantitative estimate of drug-likeness (QED) is 0.579. The number of benzene rings is 2. The Morgan fingerprint density at radius 1 is 1.10 bits per heavy atom. The van der Waals surface area contributed by atoms with Crippen LogP contribution in [-0.4, -0.2) is 15.3 Å². The molecule has 2 nitrogen and oxygen atoms in total. The van der Waals surface area contributed by atoms with Gasteiger partial charge in [0.25, 0.3) is 0 Å². The molecule has 2 aromatic rings. The summed E-state index contributed by atoms with van der Waals surface area (Å²) in [6.07, 6.45) is 0. The Balaban J connectivity index is 0.00000242. The van der Waals surface area contributed by atoms with Crippen LogP contribution >= 0.6 is 24.4 Å². The van der Waals surface area contributed by atoms with Crippen LogP contribution in [0.4, 0.5) is 0 Å². The zero-order valence-electron chi connectivity index (χ0n) is 12.4. The van der Waals surface area contributed by atoms with Gasteiger partial charge in [-0.2, -0.15) is 0 Å². The van der Waals surface area contributed by atoms with Crippen molar-refractivity contribution in [2.24, 2.45) is 0 Å². The van der Waals surface area contributed by atoms with Gasteiger partial charge in [-0.25, -0.2) is 0 Å². The van der Waals surface area contributed by atoms with Crippen molar-refractivity contribution in [3.05, 3.63) is 60.7 Å². The minimum Gasteiger partial charge on any atom is 0 e. The molecule has 0 heterocycles. The first-order chi connectivity index (χ1) is 10.1. The Labute approximate surface area is 137 Å². The molecule has 0 saturated heterocycles. The predicted octanol–water partition coefficient (Wildman–Crippen LogP) is 2.50. The number of hydrogen-bond acceptors (Lipinski definition) is 2. The van der Waals surface area contributed by atoms with Gasteiger partial charge in [-0.15, -0.1) is 0 Å². The summed E-state index contributed by atoms with van der Waals surface area (Å²) in [5, 5.41) is 1.23. The molecule has 0 aliphatic heterocycles. The van der Waals surface area contributed by atoms with Crippen LogP contribution in [0.1, 0.15) is 0 Å². The van der Waals surface area contributed by atoms with Crippen molar-refractivity contribution in [3.63, 3.8) is 0 Å². The van der Waals surface area contributed by atoms with Crippen LogP contribution in [0, 0.1) is 0 Å². The van der Waals surface area contributed by atoms with Crippen LogP contribution in [0.2, 0.25) is 0 Å². The van der Waals surface area contributed by atoms with Gasteiger partial charge in [0, 0.05) is 17.1 Å². The summed E-state index contributed by atoms with van der Waals surface area (Å²) in [5.41, 5.74) is 0. The third-order valence-corrected chi connectivity index (χ3v) is 8.96. The van der Waals surface area contributed by atoms with Crippen LogP contribution in [0.5, 0.6) is 0 Å². The Kier molecular flexibility index (Phi) is 6.28. The summed E-state index contributed by atoms with van der Waals surface area (Å²) in [7, 11) is -5.48. The zero-order chi connectivity index (χ0) is 15.3. The van der Waals surface area contributed by atoms with Crippen molar-refractivity contribution in [3.8, 4) is 0 Å². The van der Waals surface area contributed by atoms with Crippen molar-refractivity contribution >= 4 is 47.7 Å². The fourth-order valence-electron chi connectivity index (χ4n) is 1.88. The van der Waals surface area contributed by atoms with E-state index in [1.54, 1.807) is 48.5 Å². The molecule has 0 aliphatic rings. The summed E-state index contributed by atoms with van der Waals surface area (Å²) in [6, 6.07) is 17.9. The molecule has 0 aromatic heterocycles. The molecule has 8 heteroatoms. The molecule has 0 fully saturated rings. The zero-order valence-corrected chi connectivity index (χ0v) is 14.2. The Bertz CT molecular complexity index is 608. The largest absolute Gasteiger partial charge is 0 e. The Morgan fingerprint density at radius 2 is 1.55 bits per heavy atom. The maximum atomic E-state index is 13.8. The fraction of sp³-hybridized carbons (Fsp3) is 0. The predicted molar refractivity (Wildman–Crippen MR) is 90.0 cm³/mol. The maximum Gasteiger partial charge on any atom is 0 e. The monoisotopic (exact) mass is 369 g/mol. The average molecular weight is 369 g/mol. The van der Waals surface area contributed by atoms with Gasteiger partial charge in [-0.3, -0.25) is 0 Å². The molecule has 105 valence electrons. The van der Waals surface area contributed by atoms with Crippen molar-refractivity contribution < 1.29 is 26.3 Å². The smallest absolute Gasteiger partial charge is 0 e. The first-order valence-electron chi connectivity index (χ1n) is 6.70. The summed E-state index contributed by atoms with van der Waals surface area (Å²) >= 11 is 0. The molecule has 20 heavy (non-hydrogen) atoms. The maximum absolute atomic E-state index is 13.8. The molecule has 0 N–H and O–H groups in total. The van der Waals surface area contributed by atoms with Crippen LogP contribution in [0.25, 0.3) is 0 Å². The van der Waals surface area contributed by atoms with Crippen LogP contribution in [0.3, 0.4) is 0 Å². The van der Waals surface area contributed by atoms with Gasteiger partial charge in [0.05, 0.1) is 0 Å². The van der Waals surface area contributed by atoms with Crippen molar-refractivity contribution in [2.45, 2.75) is 0 Å². The van der Waals surface area contributed by atoms with Gasteiger partial charge in [0.15, 0.2) is 0 Å². The first kappa shape index (κ1) is 14.9. The minimum absolute atomic E-state index is 0. The van der Waals surface area contributed by atoms with E-state index in [0.717, 1.165) is 0 Å². The van der Waals surface area contributed by atoms with E-state index < -0.39 is 30.2 Å². The summed E-state index contributed by atoms with van der Waals surface area (Å²) in [4.78, 5) is 0. The SMILES string of the molecule is [2H]PB(P([2H])B=O)P(=O)(c1ccccc1)c1ccccc1.[Cu]. The molecule has 2 rings (SSSR count). The van der Waals surface area contributed by atoms with Gasteiger partial charge >= 0.3 is 120 Å². The third-order valence-electron chi connectivity index (χ3n) is 2.83. The van der Waals surface area contributed by atoms with E-state index >= 15 is 0 Å². The van der Waals surface area contributed by atoms with E-state index in [4.69, 9.17) is 2.56 Å². The summed E-state index contributed by atoms with van der Waals surface area (Å²) in [6.45, 7) is 0.542. The second-order valence-electron chi connectivity index (χ2n) is 3.96. The second kappa shape index (κ2) is 8.43. The van der Waals surface area contributed by atoms with E-state index in [9.17, 15) is 9.27 Å². The molecule has 2 aromatic carbocycles. The van der Waals surface area contributed by atoms with Gasteiger partial charge in [0.2, 0.25) is 0 Å². The molecule has 0 amide bonds. The van der Waals surface area contributed by atoms with E-state index in [1.807, 2.05) is 12.1 Å². The van der Waals surface area contributed by atoms with Crippen LogP contribution < -0.4 is 10.6 Å². The van der Waals surface area contributed by atoms with E-state index in [-0.39, 0.29) is 17.1 Å². The Hall–Kier alpha value is -0.0206. The number of hydrogen-bond donors (Lipinski definition) is 0. The van der Waals surface area contributed by atoms with Gasteiger partial charge in [-0.1, -0.05) is 0 Å². The molecular weight excluding hydrogens is 354 g/mol. The van der Waals surface area contributed by atoms with Crippen molar-refractivity contribution in [2.75, 3.05) is 0 Å². The van der Waals surface area contributed by atoms with Crippen molar-refractivity contribution in [1.82, 2.24) is 0 Å². The summed E-state index contributed by atoms with van der Waals surface area (Å²) in [5.74, 6) is -0.741. The first-order valence-corrected chi connectivity index (χ1v) is 9.14. The van der Waals surface area contributed by atoms with Gasteiger partial charge in [0.1, 0.15) is 0 Å². The van der Waals surface area contributed by atoms with Gasteiger partial charge in [-0.05, 0) is 0 Å². The Morgan fingerprint density at radius 3 is 1.90 bits per heavy atom. The van der Waals surface area contributed by atoms with Crippen LogP contribution in [0.15, 0.2) is 60.7 Å². The fourth-order valence-corrected chi connectivity index (χ4v) is 6.88. The van der Waals surface area contributed by atoms with Gasteiger partial charge < -0.3 is 0 Å². The van der Waals surface area contributed by atoms with Crippen molar-refractivity contribution in [1.29, 1.82) is 2.56 Å². The average Bonchev–Trinajstić information content (AvgIpc) is 2.56. The second-order valence-corrected chi connectivity index (χ2v) is 9.80. The molecule has 0 saturated carbocycles. The van der Waals surface area contributed by atoms with E-state index in [2.05, 4.69) is 0 Å². The standard InChI is InChI=1S/C12H13B2O2P3.Cu/c15-13-18-14(17)19(16,11-7-3-1-4-8-11)12-9-5-2-6-10-12;/h1-10,18H,17H2;/i17D,18D;. The number of rotatable bonds is 6. The molecule has 2 atom stereocenters. The summed E-state index contributed by atoms with van der Waals surface area (Å²) < 4.78 is 40.5. The molecule has 1 radical (unpaired) electrons. The third kappa shape index (κ3) is 3.79. The normalized spacial score (nSPS) is 13.8. The molecular formula is C12H13B2CuO2P3. The molecule has 0 aliphatic carbocycles. The van der Waals surface area contributed by atoms with E-state index in [0.29, 0.717) is 17.5 Å². The van der Waals surface area contributed by atoms with E-state index in [1.165, 1.54) is 0 Å². The molecule has 0 bridgehead atoms. The molecule has 2 unspecified atom stereocenters. The minimum atomic E-state index is -3.17. The van der Waals surface area contributed by atoms with Crippen LogP contribution in [-0.2, 0) is 26.3 Å². The topological polar surface area (TPSA) is 34.1 Å². The molecule has 0 spiro atoms.